The normalized spacial score (nSPS) is 23.3. The third-order valence-corrected chi connectivity index (χ3v) is 5.15. The average Bonchev–Trinajstić information content (AvgIpc) is 2.36. The average molecular weight is 280 g/mol. The van der Waals surface area contributed by atoms with Crippen molar-refractivity contribution in [2.45, 2.75) is 56.9 Å². The first-order valence-electron chi connectivity index (χ1n) is 6.70. The predicted octanol–water partition coefficient (Wildman–Crippen LogP) is 3.14. The highest BCUT2D eigenvalue weighted by molar-refractivity contribution is 7.99. The van der Waals surface area contributed by atoms with Gasteiger partial charge in [-0.15, -0.1) is 0 Å². The van der Waals surface area contributed by atoms with Gasteiger partial charge in [0.05, 0.1) is 5.92 Å². The first-order chi connectivity index (χ1) is 8.99. The van der Waals surface area contributed by atoms with E-state index < -0.39 is 5.97 Å². The molecular weight excluding hydrogens is 260 g/mol. The van der Waals surface area contributed by atoms with Crippen molar-refractivity contribution in [2.75, 3.05) is 0 Å². The lowest BCUT2D eigenvalue weighted by Gasteiger charge is -2.27. The minimum atomic E-state index is -0.683. The summed E-state index contributed by atoms with van der Waals surface area (Å²) < 4.78 is 0. The number of hydrogen-bond donors (Lipinski definition) is 1. The highest BCUT2D eigenvalue weighted by atomic mass is 32.2. The second-order valence-corrected chi connectivity index (χ2v) is 6.39. The smallest absolute Gasteiger partial charge is 0.307 e. The zero-order chi connectivity index (χ0) is 14.0. The largest absolute Gasteiger partial charge is 0.481 e. The van der Waals surface area contributed by atoms with E-state index in [1.807, 2.05) is 20.8 Å². The van der Waals surface area contributed by atoms with Gasteiger partial charge < -0.3 is 5.11 Å². The summed E-state index contributed by atoms with van der Waals surface area (Å²) in [6.45, 7) is 5.97. The van der Waals surface area contributed by atoms with Crippen molar-refractivity contribution in [1.29, 1.82) is 0 Å². The standard InChI is InChI=1S/C14H20N2O2S/c1-8-9(2)15-14(16-10(8)3)19-12-7-5-4-6-11(12)13(17)18/h11-12H,4-7H2,1-3H3,(H,17,18). The van der Waals surface area contributed by atoms with Crippen LogP contribution in [0.1, 0.15) is 42.6 Å². The van der Waals surface area contributed by atoms with Gasteiger partial charge in [-0.25, -0.2) is 9.97 Å². The van der Waals surface area contributed by atoms with E-state index in [0.29, 0.717) is 0 Å². The lowest BCUT2D eigenvalue weighted by Crippen LogP contribution is -2.29. The number of carbonyl (C=O) groups is 1. The molecule has 0 aromatic carbocycles. The van der Waals surface area contributed by atoms with Crippen LogP contribution in [-0.4, -0.2) is 26.3 Å². The molecule has 104 valence electrons. The van der Waals surface area contributed by atoms with Gasteiger partial charge in [0.1, 0.15) is 0 Å². The Labute approximate surface area is 118 Å². The van der Waals surface area contributed by atoms with Crippen LogP contribution in [0.5, 0.6) is 0 Å². The lowest BCUT2D eigenvalue weighted by atomic mass is 9.89. The predicted molar refractivity (Wildman–Crippen MR) is 75.5 cm³/mol. The van der Waals surface area contributed by atoms with Crippen LogP contribution >= 0.6 is 11.8 Å². The topological polar surface area (TPSA) is 63.1 Å². The van der Waals surface area contributed by atoms with Crippen molar-refractivity contribution < 1.29 is 9.90 Å². The molecule has 0 amide bonds. The Bertz CT molecular complexity index is 467. The maximum atomic E-state index is 11.3. The highest BCUT2D eigenvalue weighted by Gasteiger charge is 2.32. The second kappa shape index (κ2) is 5.90. The van der Waals surface area contributed by atoms with Crippen molar-refractivity contribution in [1.82, 2.24) is 9.97 Å². The molecule has 0 radical (unpaired) electrons. The molecule has 1 aromatic heterocycles. The number of aryl methyl sites for hydroxylation is 2. The molecule has 1 aliphatic carbocycles. The van der Waals surface area contributed by atoms with Crippen LogP contribution in [0.2, 0.25) is 0 Å². The number of carboxylic acid groups (broad SMARTS) is 1. The SMILES string of the molecule is Cc1nc(SC2CCCCC2C(=O)O)nc(C)c1C. The molecule has 0 saturated heterocycles. The van der Waals surface area contributed by atoms with Crippen molar-refractivity contribution in [3.05, 3.63) is 17.0 Å². The summed E-state index contributed by atoms with van der Waals surface area (Å²) in [5.74, 6) is -0.943. The Morgan fingerprint density at radius 3 is 2.32 bits per heavy atom. The number of aromatic nitrogens is 2. The number of rotatable bonds is 3. The summed E-state index contributed by atoms with van der Waals surface area (Å²) in [6.07, 6.45) is 3.83. The van der Waals surface area contributed by atoms with Crippen molar-refractivity contribution in [3.63, 3.8) is 0 Å². The van der Waals surface area contributed by atoms with Gasteiger partial charge in [0.25, 0.3) is 0 Å². The number of nitrogens with zero attached hydrogens (tertiary/aromatic N) is 2. The molecule has 1 fully saturated rings. The summed E-state index contributed by atoms with van der Waals surface area (Å²) in [7, 11) is 0. The molecule has 0 bridgehead atoms. The monoisotopic (exact) mass is 280 g/mol. The zero-order valence-corrected chi connectivity index (χ0v) is 12.5. The molecule has 5 heteroatoms. The van der Waals surface area contributed by atoms with Crippen molar-refractivity contribution in [3.8, 4) is 0 Å². The maximum Gasteiger partial charge on any atom is 0.307 e. The van der Waals surface area contributed by atoms with Gasteiger partial charge in [-0.2, -0.15) is 0 Å². The van der Waals surface area contributed by atoms with Gasteiger partial charge in [-0.1, -0.05) is 24.6 Å². The van der Waals surface area contributed by atoms with Crippen LogP contribution in [0.15, 0.2) is 5.16 Å². The molecule has 19 heavy (non-hydrogen) atoms. The maximum absolute atomic E-state index is 11.3. The third kappa shape index (κ3) is 3.26. The summed E-state index contributed by atoms with van der Waals surface area (Å²) in [4.78, 5) is 20.2. The molecule has 0 aliphatic heterocycles. The molecule has 1 saturated carbocycles. The fraction of sp³-hybridized carbons (Fsp3) is 0.643. The lowest BCUT2D eigenvalue weighted by molar-refractivity contribution is -0.142. The van der Waals surface area contributed by atoms with E-state index in [1.54, 1.807) is 0 Å². The van der Waals surface area contributed by atoms with Gasteiger partial charge in [0.15, 0.2) is 5.16 Å². The van der Waals surface area contributed by atoms with E-state index in [1.165, 1.54) is 11.8 Å². The molecule has 0 spiro atoms. The van der Waals surface area contributed by atoms with Gasteiger partial charge >= 0.3 is 5.97 Å². The number of carboxylic acids is 1. The number of aliphatic carboxylic acids is 1. The Morgan fingerprint density at radius 2 is 1.74 bits per heavy atom. The number of hydrogen-bond acceptors (Lipinski definition) is 4. The third-order valence-electron chi connectivity index (χ3n) is 3.89. The Kier molecular flexibility index (Phi) is 4.45. The molecule has 2 atom stereocenters. The van der Waals surface area contributed by atoms with E-state index in [2.05, 4.69) is 9.97 Å². The molecule has 4 nitrogen and oxygen atoms in total. The van der Waals surface area contributed by atoms with E-state index in [9.17, 15) is 9.90 Å². The molecule has 2 unspecified atom stereocenters. The van der Waals surface area contributed by atoms with Crippen LogP contribution < -0.4 is 0 Å². The van der Waals surface area contributed by atoms with Crippen LogP contribution in [0.4, 0.5) is 0 Å². The van der Waals surface area contributed by atoms with Crippen LogP contribution in [0.3, 0.4) is 0 Å². The molecule has 1 aliphatic rings. The molecule has 1 aromatic rings. The van der Waals surface area contributed by atoms with Gasteiger partial charge in [-0.05, 0) is 39.2 Å². The second-order valence-electron chi connectivity index (χ2n) is 5.19. The Hall–Kier alpha value is -1.10. The first-order valence-corrected chi connectivity index (χ1v) is 7.58. The summed E-state index contributed by atoms with van der Waals surface area (Å²) >= 11 is 1.53. The minimum Gasteiger partial charge on any atom is -0.481 e. The van der Waals surface area contributed by atoms with Gasteiger partial charge in [0, 0.05) is 16.6 Å². The molecular formula is C14H20N2O2S. The van der Waals surface area contributed by atoms with Crippen LogP contribution in [-0.2, 0) is 4.79 Å². The zero-order valence-electron chi connectivity index (χ0n) is 11.6. The summed E-state index contributed by atoms with van der Waals surface area (Å²) in [5, 5.41) is 10.1. The summed E-state index contributed by atoms with van der Waals surface area (Å²) in [5.41, 5.74) is 3.08. The number of thioether (sulfide) groups is 1. The van der Waals surface area contributed by atoms with Crippen LogP contribution in [0, 0.1) is 26.7 Å². The first kappa shape index (κ1) is 14.3. The van der Waals surface area contributed by atoms with E-state index in [0.717, 1.165) is 47.8 Å². The quantitative estimate of drug-likeness (QED) is 0.862. The van der Waals surface area contributed by atoms with Gasteiger partial charge in [0.2, 0.25) is 0 Å². The van der Waals surface area contributed by atoms with E-state index >= 15 is 0 Å². The molecule has 1 N–H and O–H groups in total. The molecule has 1 heterocycles. The van der Waals surface area contributed by atoms with E-state index in [-0.39, 0.29) is 11.2 Å². The molecule has 2 rings (SSSR count). The Balaban J connectivity index is 2.17. The van der Waals surface area contributed by atoms with Gasteiger partial charge in [-0.3, -0.25) is 4.79 Å². The van der Waals surface area contributed by atoms with E-state index in [4.69, 9.17) is 0 Å². The van der Waals surface area contributed by atoms with Crippen molar-refractivity contribution in [2.24, 2.45) is 5.92 Å². The fourth-order valence-corrected chi connectivity index (χ4v) is 3.80. The summed E-state index contributed by atoms with van der Waals surface area (Å²) in [6, 6.07) is 0. The highest BCUT2D eigenvalue weighted by Crippen LogP contribution is 2.36. The Morgan fingerprint density at radius 1 is 1.16 bits per heavy atom. The minimum absolute atomic E-state index is 0.104. The van der Waals surface area contributed by atoms with Crippen LogP contribution in [0.25, 0.3) is 0 Å². The van der Waals surface area contributed by atoms with Crippen molar-refractivity contribution >= 4 is 17.7 Å². The fourth-order valence-electron chi connectivity index (χ4n) is 2.45.